The summed E-state index contributed by atoms with van der Waals surface area (Å²) in [5.41, 5.74) is -0.633. The molecular weight excluding hydrogens is 275 g/mol. The van der Waals surface area contributed by atoms with Gasteiger partial charge in [0.25, 0.3) is 0 Å². The number of carbonyl (C=O) groups is 1. The molecule has 0 spiro atoms. The third-order valence-electron chi connectivity index (χ3n) is 2.78. The van der Waals surface area contributed by atoms with Gasteiger partial charge in [-0.3, -0.25) is 0 Å². The molecule has 2 aromatic rings. The van der Waals surface area contributed by atoms with E-state index in [1.807, 2.05) is 0 Å². The molecule has 20 heavy (non-hydrogen) atoms. The van der Waals surface area contributed by atoms with E-state index < -0.39 is 17.7 Å². The molecule has 1 aromatic heterocycles. The van der Waals surface area contributed by atoms with Crippen LogP contribution in [-0.4, -0.2) is 16.2 Å². The van der Waals surface area contributed by atoms with Gasteiger partial charge in [-0.05, 0) is 12.1 Å². The van der Waals surface area contributed by atoms with Crippen LogP contribution >= 0.6 is 0 Å². The fourth-order valence-corrected chi connectivity index (χ4v) is 1.80. The van der Waals surface area contributed by atoms with Gasteiger partial charge in [0.2, 0.25) is 0 Å². The van der Waals surface area contributed by atoms with Gasteiger partial charge < -0.3 is 9.63 Å². The number of hydrogen-bond donors (Lipinski definition) is 1. The average molecular weight is 285 g/mol. The van der Waals surface area contributed by atoms with Gasteiger partial charge in [-0.1, -0.05) is 24.2 Å². The number of aromatic nitrogens is 1. The molecule has 0 amide bonds. The minimum Gasteiger partial charge on any atom is -0.477 e. The van der Waals surface area contributed by atoms with Crippen molar-refractivity contribution < 1.29 is 27.6 Å². The Balaban J connectivity index is 2.47. The summed E-state index contributed by atoms with van der Waals surface area (Å²) in [5.74, 6) is -1.04. The van der Waals surface area contributed by atoms with Crippen LogP contribution in [0.4, 0.5) is 13.2 Å². The fraction of sp³-hybridized carbons (Fsp3) is 0.231. The average Bonchev–Trinajstić information content (AvgIpc) is 2.81. The number of rotatable bonds is 3. The van der Waals surface area contributed by atoms with Crippen molar-refractivity contribution in [2.45, 2.75) is 19.5 Å². The van der Waals surface area contributed by atoms with Gasteiger partial charge in [0.05, 0.1) is 5.56 Å². The largest absolute Gasteiger partial charge is 0.477 e. The van der Waals surface area contributed by atoms with Gasteiger partial charge in [-0.2, -0.15) is 13.2 Å². The van der Waals surface area contributed by atoms with Crippen molar-refractivity contribution in [1.82, 2.24) is 5.16 Å². The Labute approximate surface area is 111 Å². The van der Waals surface area contributed by atoms with Crippen LogP contribution in [0.5, 0.6) is 0 Å². The van der Waals surface area contributed by atoms with E-state index in [1.54, 1.807) is 6.92 Å². The number of aromatic carboxylic acids is 1. The molecule has 0 saturated carbocycles. The number of carboxylic acid groups (broad SMARTS) is 1. The molecule has 1 aromatic carbocycles. The molecule has 4 nitrogen and oxygen atoms in total. The molecule has 0 fully saturated rings. The third-order valence-corrected chi connectivity index (χ3v) is 2.78. The highest BCUT2D eigenvalue weighted by molar-refractivity contribution is 5.95. The van der Waals surface area contributed by atoms with Crippen molar-refractivity contribution in [3.8, 4) is 11.3 Å². The predicted octanol–water partition coefficient (Wildman–Crippen LogP) is 3.62. The van der Waals surface area contributed by atoms with Crippen LogP contribution in [0.2, 0.25) is 0 Å². The number of nitrogens with zero attached hydrogens (tertiary/aromatic N) is 1. The number of hydrogen-bond acceptors (Lipinski definition) is 3. The summed E-state index contributed by atoms with van der Waals surface area (Å²) < 4.78 is 42.3. The zero-order valence-electron chi connectivity index (χ0n) is 10.4. The lowest BCUT2D eigenvalue weighted by molar-refractivity contribution is -0.137. The molecule has 2 rings (SSSR count). The van der Waals surface area contributed by atoms with Gasteiger partial charge in [0.1, 0.15) is 11.3 Å². The first-order valence-corrected chi connectivity index (χ1v) is 5.74. The molecule has 0 radical (unpaired) electrons. The zero-order valence-corrected chi connectivity index (χ0v) is 10.4. The van der Waals surface area contributed by atoms with Crippen LogP contribution in [0.25, 0.3) is 11.3 Å². The summed E-state index contributed by atoms with van der Waals surface area (Å²) in [6.07, 6.45) is -4.11. The zero-order chi connectivity index (χ0) is 14.9. The number of halogens is 3. The molecule has 1 heterocycles. The highest BCUT2D eigenvalue weighted by Crippen LogP contribution is 2.32. The van der Waals surface area contributed by atoms with E-state index in [4.69, 9.17) is 9.63 Å². The molecule has 0 saturated heterocycles. The minimum absolute atomic E-state index is 0.0306. The number of carboxylic acids is 1. The monoisotopic (exact) mass is 285 g/mol. The van der Waals surface area contributed by atoms with Crippen LogP contribution in [-0.2, 0) is 12.6 Å². The van der Waals surface area contributed by atoms with E-state index in [0.29, 0.717) is 6.42 Å². The molecule has 106 valence electrons. The van der Waals surface area contributed by atoms with Crippen molar-refractivity contribution in [2.24, 2.45) is 0 Å². The first kappa shape index (κ1) is 14.1. The van der Waals surface area contributed by atoms with Crippen molar-refractivity contribution >= 4 is 5.97 Å². The maximum Gasteiger partial charge on any atom is 0.416 e. The molecule has 0 atom stereocenters. The highest BCUT2D eigenvalue weighted by atomic mass is 19.4. The Morgan fingerprint density at radius 1 is 1.30 bits per heavy atom. The van der Waals surface area contributed by atoms with E-state index in [0.717, 1.165) is 12.1 Å². The Bertz CT molecular complexity index is 629. The van der Waals surface area contributed by atoms with E-state index in [2.05, 4.69) is 5.16 Å². The van der Waals surface area contributed by atoms with Crippen molar-refractivity contribution in [1.29, 1.82) is 0 Å². The van der Waals surface area contributed by atoms with Gasteiger partial charge in [-0.25, -0.2) is 4.79 Å². The lowest BCUT2D eigenvalue weighted by atomic mass is 10.0. The van der Waals surface area contributed by atoms with E-state index >= 15 is 0 Å². The first-order valence-electron chi connectivity index (χ1n) is 5.74. The normalized spacial score (nSPS) is 11.6. The third kappa shape index (κ3) is 2.52. The smallest absolute Gasteiger partial charge is 0.416 e. The Morgan fingerprint density at radius 2 is 1.90 bits per heavy atom. The first-order chi connectivity index (χ1) is 9.34. The molecule has 7 heteroatoms. The molecule has 1 N–H and O–H groups in total. The van der Waals surface area contributed by atoms with E-state index in [1.165, 1.54) is 12.1 Å². The van der Waals surface area contributed by atoms with Crippen LogP contribution in [0.1, 0.15) is 28.6 Å². The highest BCUT2D eigenvalue weighted by Gasteiger charge is 2.30. The quantitative estimate of drug-likeness (QED) is 0.935. The van der Waals surface area contributed by atoms with Gasteiger partial charge in [-0.15, -0.1) is 0 Å². The van der Waals surface area contributed by atoms with Crippen molar-refractivity contribution in [3.05, 3.63) is 41.2 Å². The molecule has 0 aliphatic rings. The topological polar surface area (TPSA) is 63.3 Å². The van der Waals surface area contributed by atoms with Crippen LogP contribution < -0.4 is 0 Å². The summed E-state index contributed by atoms with van der Waals surface area (Å²) >= 11 is 0. The van der Waals surface area contributed by atoms with Crippen molar-refractivity contribution in [2.75, 3.05) is 0 Å². The van der Waals surface area contributed by atoms with Gasteiger partial charge in [0.15, 0.2) is 5.76 Å². The number of benzene rings is 1. The summed E-state index contributed by atoms with van der Waals surface area (Å²) in [7, 11) is 0. The van der Waals surface area contributed by atoms with E-state index in [9.17, 15) is 18.0 Å². The lowest BCUT2D eigenvalue weighted by Gasteiger charge is -2.06. The molecule has 0 aliphatic carbocycles. The maximum absolute atomic E-state index is 12.5. The lowest BCUT2D eigenvalue weighted by Crippen LogP contribution is -2.04. The summed E-state index contributed by atoms with van der Waals surface area (Å²) in [6.45, 7) is 1.70. The fourth-order valence-electron chi connectivity index (χ4n) is 1.80. The summed E-state index contributed by atoms with van der Waals surface area (Å²) in [5, 5.41) is 12.8. The van der Waals surface area contributed by atoms with Crippen LogP contribution in [0.15, 0.2) is 28.8 Å². The van der Waals surface area contributed by atoms with Crippen LogP contribution in [0, 0.1) is 0 Å². The van der Waals surface area contributed by atoms with Gasteiger partial charge in [0, 0.05) is 12.0 Å². The second kappa shape index (κ2) is 4.99. The standard InChI is InChI=1S/C13H10F3NO3/c1-2-9-10(12(18)19)11(17-20-9)7-3-5-8(6-4-7)13(14,15)16/h3-6H,2H2,1H3,(H,18,19). The minimum atomic E-state index is -4.44. The number of aryl methyl sites for hydroxylation is 1. The van der Waals surface area contributed by atoms with Crippen LogP contribution in [0.3, 0.4) is 0 Å². The molecule has 0 unspecified atom stereocenters. The van der Waals surface area contributed by atoms with E-state index in [-0.39, 0.29) is 22.6 Å². The maximum atomic E-state index is 12.5. The predicted molar refractivity (Wildman–Crippen MR) is 63.3 cm³/mol. The second-order valence-corrected chi connectivity index (χ2v) is 4.06. The van der Waals surface area contributed by atoms with Crippen molar-refractivity contribution in [3.63, 3.8) is 0 Å². The Hall–Kier alpha value is -2.31. The Kier molecular flexibility index (Phi) is 3.52. The second-order valence-electron chi connectivity index (χ2n) is 4.06. The van der Waals surface area contributed by atoms with Gasteiger partial charge >= 0.3 is 12.1 Å². The number of alkyl halides is 3. The SMILES string of the molecule is CCc1onc(-c2ccc(C(F)(F)F)cc2)c1C(=O)O. The molecular formula is C13H10F3NO3. The molecule has 0 bridgehead atoms. The Morgan fingerprint density at radius 3 is 2.35 bits per heavy atom. The molecule has 0 aliphatic heterocycles. The summed E-state index contributed by atoms with van der Waals surface area (Å²) in [4.78, 5) is 11.2. The summed E-state index contributed by atoms with van der Waals surface area (Å²) in [6, 6.07) is 4.10.